The van der Waals surface area contributed by atoms with Gasteiger partial charge in [0.2, 0.25) is 0 Å². The molecule has 0 heterocycles. The van der Waals surface area contributed by atoms with Gasteiger partial charge in [-0.15, -0.1) is 0 Å². The Labute approximate surface area is 240 Å². The second kappa shape index (κ2) is 31.7. The Balaban J connectivity index is 3.08. The van der Waals surface area contributed by atoms with E-state index in [1.165, 1.54) is 0 Å². The van der Waals surface area contributed by atoms with Crippen LogP contribution in [-0.2, 0) is 61.6 Å². The summed E-state index contributed by atoms with van der Waals surface area (Å²) in [6, 6.07) is 0. The van der Waals surface area contributed by atoms with Crippen LogP contribution in [0.4, 0.5) is 13.2 Å². The smallest absolute Gasteiger partial charge is 0.457 e. The summed E-state index contributed by atoms with van der Waals surface area (Å²) in [7, 11) is 1.63. The van der Waals surface area contributed by atoms with Gasteiger partial charge in [-0.2, -0.15) is 13.2 Å². The summed E-state index contributed by atoms with van der Waals surface area (Å²) in [5, 5.41) is 0. The molecule has 13 nitrogen and oxygen atoms in total. The molecule has 0 amide bonds. The van der Waals surface area contributed by atoms with Crippen LogP contribution in [0.3, 0.4) is 0 Å². The van der Waals surface area contributed by atoms with E-state index in [0.29, 0.717) is 119 Å². The lowest BCUT2D eigenvalue weighted by atomic mass is 10.6. The van der Waals surface area contributed by atoms with Crippen molar-refractivity contribution in [1.82, 2.24) is 0 Å². The van der Waals surface area contributed by atoms with Crippen LogP contribution in [0.5, 0.6) is 0 Å². The Bertz CT molecular complexity index is 545. The molecular formula is C25H47F3O13. The molecule has 0 aromatic heterocycles. The fourth-order valence-corrected chi connectivity index (χ4v) is 2.50. The maximum absolute atomic E-state index is 11.9. The Morgan fingerprint density at radius 3 is 0.780 bits per heavy atom. The van der Waals surface area contributed by atoms with Gasteiger partial charge in [0, 0.05) is 7.11 Å². The maximum Gasteiger partial charge on any atom is 0.490 e. The van der Waals surface area contributed by atoms with E-state index >= 15 is 0 Å². The fraction of sp³-hybridized carbons (Fsp3) is 0.960. The number of alkyl halides is 3. The third kappa shape index (κ3) is 33.2. The molecular weight excluding hydrogens is 565 g/mol. The molecule has 41 heavy (non-hydrogen) atoms. The van der Waals surface area contributed by atoms with E-state index in [2.05, 4.69) is 4.74 Å². The van der Waals surface area contributed by atoms with E-state index in [1.807, 2.05) is 0 Å². The summed E-state index contributed by atoms with van der Waals surface area (Å²) >= 11 is 0. The van der Waals surface area contributed by atoms with Crippen LogP contribution in [-0.4, -0.2) is 165 Å². The number of rotatable bonds is 33. The quantitative estimate of drug-likeness (QED) is 0.0770. The van der Waals surface area contributed by atoms with Gasteiger partial charge in [-0.25, -0.2) is 4.79 Å². The van der Waals surface area contributed by atoms with Gasteiger partial charge < -0.3 is 56.8 Å². The van der Waals surface area contributed by atoms with Gasteiger partial charge >= 0.3 is 12.1 Å². The molecule has 0 spiro atoms. The maximum atomic E-state index is 11.9. The van der Waals surface area contributed by atoms with Crippen LogP contribution < -0.4 is 0 Å². The molecule has 0 saturated heterocycles. The molecule has 0 unspecified atom stereocenters. The van der Waals surface area contributed by atoms with Gasteiger partial charge in [0.15, 0.2) is 0 Å². The van der Waals surface area contributed by atoms with Crippen molar-refractivity contribution in [3.8, 4) is 0 Å². The van der Waals surface area contributed by atoms with E-state index in [-0.39, 0.29) is 19.8 Å². The van der Waals surface area contributed by atoms with E-state index in [4.69, 9.17) is 52.1 Å². The number of esters is 1. The minimum Gasteiger partial charge on any atom is -0.457 e. The van der Waals surface area contributed by atoms with Crippen molar-refractivity contribution in [2.75, 3.05) is 152 Å². The summed E-state index contributed by atoms with van der Waals surface area (Å²) in [6.45, 7) is 8.25. The zero-order valence-electron chi connectivity index (χ0n) is 24.0. The highest BCUT2D eigenvalue weighted by Gasteiger charge is 2.40. The second-order valence-corrected chi connectivity index (χ2v) is 7.75. The fourth-order valence-electron chi connectivity index (χ4n) is 2.50. The van der Waals surface area contributed by atoms with Crippen molar-refractivity contribution >= 4 is 5.97 Å². The summed E-state index contributed by atoms with van der Waals surface area (Å²) in [5.74, 6) is -2.23. The normalized spacial score (nSPS) is 11.8. The van der Waals surface area contributed by atoms with Gasteiger partial charge in [-0.3, -0.25) is 0 Å². The summed E-state index contributed by atoms with van der Waals surface area (Å²) in [4.78, 5) is 10.5. The lowest BCUT2D eigenvalue weighted by Crippen LogP contribution is -2.26. The monoisotopic (exact) mass is 612 g/mol. The third-order valence-electron chi connectivity index (χ3n) is 4.47. The average Bonchev–Trinajstić information content (AvgIpc) is 2.95. The minimum absolute atomic E-state index is 0.146. The summed E-state index contributed by atoms with van der Waals surface area (Å²) < 4.78 is 97.8. The predicted octanol–water partition coefficient (Wildman–Crippen LogP) is 0.904. The number of carbonyl (C=O) groups is 1. The minimum atomic E-state index is -5.00. The van der Waals surface area contributed by atoms with E-state index in [9.17, 15) is 18.0 Å². The van der Waals surface area contributed by atoms with Crippen LogP contribution in [0, 0.1) is 0 Å². The molecule has 0 bridgehead atoms. The highest BCUT2D eigenvalue weighted by atomic mass is 19.4. The van der Waals surface area contributed by atoms with Crippen molar-refractivity contribution in [3.05, 3.63) is 0 Å². The van der Waals surface area contributed by atoms with Crippen molar-refractivity contribution < 1.29 is 74.8 Å². The highest BCUT2D eigenvalue weighted by molar-refractivity contribution is 5.75. The third-order valence-corrected chi connectivity index (χ3v) is 4.47. The van der Waals surface area contributed by atoms with Crippen LogP contribution in [0.25, 0.3) is 0 Å². The first-order valence-corrected chi connectivity index (χ1v) is 13.5. The molecule has 0 radical (unpaired) electrons. The van der Waals surface area contributed by atoms with Crippen LogP contribution in [0.2, 0.25) is 0 Å². The predicted molar refractivity (Wildman–Crippen MR) is 137 cm³/mol. The zero-order chi connectivity index (χ0) is 30.1. The zero-order valence-corrected chi connectivity index (χ0v) is 24.0. The van der Waals surface area contributed by atoms with Gasteiger partial charge in [0.25, 0.3) is 0 Å². The molecule has 0 rings (SSSR count). The second-order valence-electron chi connectivity index (χ2n) is 7.75. The van der Waals surface area contributed by atoms with Crippen molar-refractivity contribution in [2.45, 2.75) is 6.18 Å². The summed E-state index contributed by atoms with van der Waals surface area (Å²) in [6.07, 6.45) is -5.00. The molecule has 0 aliphatic rings. The molecule has 0 aliphatic heterocycles. The first-order chi connectivity index (χ1) is 20.0. The van der Waals surface area contributed by atoms with Gasteiger partial charge in [-0.1, -0.05) is 0 Å². The largest absolute Gasteiger partial charge is 0.490 e. The SMILES string of the molecule is COCCOCCOCCOCCOCCOCCOCCOCCOCCOCCOCCOC(=O)C(F)(F)F. The number of hydrogen-bond donors (Lipinski definition) is 0. The molecule has 0 aromatic carbocycles. The number of carbonyl (C=O) groups excluding carboxylic acids is 1. The topological polar surface area (TPSA) is 128 Å². The Kier molecular flexibility index (Phi) is 30.8. The number of ether oxygens (including phenoxy) is 12. The van der Waals surface area contributed by atoms with E-state index in [0.717, 1.165) is 0 Å². The van der Waals surface area contributed by atoms with Crippen molar-refractivity contribution in [2.24, 2.45) is 0 Å². The summed E-state index contributed by atoms with van der Waals surface area (Å²) in [5.41, 5.74) is 0. The molecule has 0 fully saturated rings. The van der Waals surface area contributed by atoms with Gasteiger partial charge in [0.05, 0.1) is 139 Å². The lowest BCUT2D eigenvalue weighted by molar-refractivity contribution is -0.200. The molecule has 16 heteroatoms. The molecule has 0 atom stereocenters. The van der Waals surface area contributed by atoms with Gasteiger partial charge in [0.1, 0.15) is 6.61 Å². The van der Waals surface area contributed by atoms with Crippen LogP contribution in [0.1, 0.15) is 0 Å². The van der Waals surface area contributed by atoms with Gasteiger partial charge in [-0.05, 0) is 0 Å². The first-order valence-electron chi connectivity index (χ1n) is 13.5. The number of hydrogen-bond acceptors (Lipinski definition) is 13. The highest BCUT2D eigenvalue weighted by Crippen LogP contribution is 2.16. The lowest BCUT2D eigenvalue weighted by Gasteiger charge is -2.09. The number of halogens is 3. The molecule has 0 N–H and O–H groups in total. The standard InChI is InChI=1S/C25H47F3O13/c1-30-2-3-31-4-5-32-6-7-33-8-9-34-10-11-35-12-13-36-14-15-37-16-17-38-18-19-39-20-21-40-22-23-41-24(29)25(26,27)28/h2-23H2,1H3. The Morgan fingerprint density at radius 1 is 0.390 bits per heavy atom. The van der Waals surface area contributed by atoms with Crippen molar-refractivity contribution in [1.29, 1.82) is 0 Å². The molecule has 0 saturated carbocycles. The number of methoxy groups -OCH3 is 1. The van der Waals surface area contributed by atoms with Crippen LogP contribution in [0.15, 0.2) is 0 Å². The Morgan fingerprint density at radius 2 is 0.585 bits per heavy atom. The molecule has 0 aliphatic carbocycles. The van der Waals surface area contributed by atoms with Crippen LogP contribution >= 0.6 is 0 Å². The van der Waals surface area contributed by atoms with E-state index in [1.54, 1.807) is 7.11 Å². The first kappa shape index (κ1) is 39.8. The molecule has 246 valence electrons. The van der Waals surface area contributed by atoms with E-state index < -0.39 is 18.8 Å². The average molecular weight is 613 g/mol. The molecule has 0 aromatic rings. The Hall–Kier alpha value is -1.18. The van der Waals surface area contributed by atoms with Crippen molar-refractivity contribution in [3.63, 3.8) is 0 Å².